The molecule has 37 heavy (non-hydrogen) atoms. The summed E-state index contributed by atoms with van der Waals surface area (Å²) >= 11 is 0. The number of nitrogens with zero attached hydrogens (tertiary/aromatic N) is 3. The van der Waals surface area contributed by atoms with E-state index in [9.17, 15) is 19.5 Å². The van der Waals surface area contributed by atoms with Gasteiger partial charge < -0.3 is 25.0 Å². The lowest BCUT2D eigenvalue weighted by Gasteiger charge is -2.37. The highest BCUT2D eigenvalue weighted by Crippen LogP contribution is 2.30. The number of esters is 1. The van der Waals surface area contributed by atoms with Gasteiger partial charge in [-0.3, -0.25) is 19.4 Å². The van der Waals surface area contributed by atoms with Gasteiger partial charge in [-0.25, -0.2) is 8.78 Å². The van der Waals surface area contributed by atoms with Crippen molar-refractivity contribution in [3.8, 4) is 0 Å². The van der Waals surface area contributed by atoms with Crippen LogP contribution in [-0.2, 0) is 20.7 Å². The third-order valence-electron chi connectivity index (χ3n) is 6.70. The summed E-state index contributed by atoms with van der Waals surface area (Å²) in [5, 5.41) is 11.9. The molecule has 2 N–H and O–H groups in total. The number of hydrogen-bond acceptors (Lipinski definition) is 7. The molecule has 9 nitrogen and oxygen atoms in total. The highest BCUT2D eigenvalue weighted by atomic mass is 19.1. The Labute approximate surface area is 213 Å². The molecule has 3 atom stereocenters. The Bertz CT molecular complexity index is 1120. The zero-order chi connectivity index (χ0) is 26.5. The molecule has 3 unspecified atom stereocenters. The Kier molecular flexibility index (Phi) is 8.32. The van der Waals surface area contributed by atoms with E-state index in [0.29, 0.717) is 24.0 Å². The SMILES string of the molecule is CC(NC(=O)c1cccnc1)C(=O)N1CCN(c2c(F)cc(CC3CC(=O)OC(CO)C3)cc2F)CC1. The second-order valence-corrected chi connectivity index (χ2v) is 9.46. The van der Waals surface area contributed by atoms with Crippen LogP contribution >= 0.6 is 0 Å². The number of pyridine rings is 1. The molecule has 1 aromatic heterocycles. The summed E-state index contributed by atoms with van der Waals surface area (Å²) in [5.41, 5.74) is 0.630. The molecule has 0 spiro atoms. The number of anilines is 1. The van der Waals surface area contributed by atoms with Gasteiger partial charge in [0.1, 0.15) is 29.5 Å². The molecule has 4 rings (SSSR count). The Morgan fingerprint density at radius 3 is 2.54 bits per heavy atom. The average molecular weight is 517 g/mol. The molecule has 3 heterocycles. The molecule has 198 valence electrons. The molecule has 0 radical (unpaired) electrons. The predicted molar refractivity (Wildman–Crippen MR) is 130 cm³/mol. The molecule has 0 saturated carbocycles. The first-order valence-corrected chi connectivity index (χ1v) is 12.3. The average Bonchev–Trinajstić information content (AvgIpc) is 2.88. The number of aliphatic hydroxyl groups excluding tert-OH is 1. The molecule has 2 aliphatic heterocycles. The zero-order valence-electron chi connectivity index (χ0n) is 20.5. The Morgan fingerprint density at radius 2 is 1.92 bits per heavy atom. The molecule has 2 amide bonds. The summed E-state index contributed by atoms with van der Waals surface area (Å²) in [4.78, 5) is 43.9. The monoisotopic (exact) mass is 516 g/mol. The zero-order valence-corrected chi connectivity index (χ0v) is 20.5. The Balaban J connectivity index is 1.33. The number of amides is 2. The third-order valence-corrected chi connectivity index (χ3v) is 6.70. The van der Waals surface area contributed by atoms with Crippen LogP contribution in [-0.4, -0.2) is 77.7 Å². The first-order chi connectivity index (χ1) is 17.7. The minimum absolute atomic E-state index is 0.137. The maximum Gasteiger partial charge on any atom is 0.306 e. The smallest absolute Gasteiger partial charge is 0.306 e. The number of aliphatic hydroxyl groups is 1. The van der Waals surface area contributed by atoms with Crippen molar-refractivity contribution in [2.75, 3.05) is 37.7 Å². The van der Waals surface area contributed by atoms with E-state index in [2.05, 4.69) is 10.3 Å². The van der Waals surface area contributed by atoms with Crippen LogP contribution in [0.15, 0.2) is 36.7 Å². The largest absolute Gasteiger partial charge is 0.460 e. The fourth-order valence-corrected chi connectivity index (χ4v) is 4.87. The summed E-state index contributed by atoms with van der Waals surface area (Å²) < 4.78 is 35.1. The molecule has 2 aliphatic rings. The van der Waals surface area contributed by atoms with Gasteiger partial charge in [0.05, 0.1) is 12.2 Å². The van der Waals surface area contributed by atoms with Crippen molar-refractivity contribution in [1.82, 2.24) is 15.2 Å². The van der Waals surface area contributed by atoms with E-state index in [0.717, 1.165) is 0 Å². The summed E-state index contributed by atoms with van der Waals surface area (Å²) in [6.45, 7) is 2.27. The van der Waals surface area contributed by atoms with Crippen LogP contribution in [0.25, 0.3) is 0 Å². The predicted octanol–water partition coefficient (Wildman–Crippen LogP) is 1.68. The van der Waals surface area contributed by atoms with Gasteiger partial charge in [0.15, 0.2) is 0 Å². The van der Waals surface area contributed by atoms with E-state index in [4.69, 9.17) is 4.74 Å². The fourth-order valence-electron chi connectivity index (χ4n) is 4.87. The minimum atomic E-state index is -0.769. The number of hydrogen-bond donors (Lipinski definition) is 2. The molecule has 2 saturated heterocycles. The van der Waals surface area contributed by atoms with Gasteiger partial charge in [0.2, 0.25) is 5.91 Å². The molecular formula is C26H30F2N4O5. The number of nitrogens with one attached hydrogen (secondary N) is 1. The van der Waals surface area contributed by atoms with Gasteiger partial charge in [-0.1, -0.05) is 0 Å². The van der Waals surface area contributed by atoms with Crippen molar-refractivity contribution >= 4 is 23.5 Å². The van der Waals surface area contributed by atoms with Crippen LogP contribution in [0.3, 0.4) is 0 Å². The number of carbonyl (C=O) groups excluding carboxylic acids is 3. The number of rotatable bonds is 7. The molecule has 0 bridgehead atoms. The van der Waals surface area contributed by atoms with Crippen LogP contribution in [0.5, 0.6) is 0 Å². The lowest BCUT2D eigenvalue weighted by atomic mass is 9.89. The van der Waals surface area contributed by atoms with Crippen LogP contribution in [0, 0.1) is 17.6 Å². The van der Waals surface area contributed by atoms with E-state index in [1.54, 1.807) is 35.1 Å². The van der Waals surface area contributed by atoms with Gasteiger partial charge in [0, 0.05) is 45.0 Å². The molecule has 0 aliphatic carbocycles. The van der Waals surface area contributed by atoms with Crippen LogP contribution < -0.4 is 10.2 Å². The number of halogens is 2. The maximum atomic E-state index is 15.0. The van der Waals surface area contributed by atoms with Gasteiger partial charge >= 0.3 is 5.97 Å². The van der Waals surface area contributed by atoms with Gasteiger partial charge in [-0.15, -0.1) is 0 Å². The number of piperazine rings is 1. The Morgan fingerprint density at radius 1 is 1.22 bits per heavy atom. The highest BCUT2D eigenvalue weighted by Gasteiger charge is 2.31. The second kappa shape index (κ2) is 11.6. The number of cyclic esters (lactones) is 1. The van der Waals surface area contributed by atoms with E-state index in [1.807, 2.05) is 0 Å². The second-order valence-electron chi connectivity index (χ2n) is 9.46. The van der Waals surface area contributed by atoms with Crippen LogP contribution in [0.2, 0.25) is 0 Å². The van der Waals surface area contributed by atoms with E-state index >= 15 is 8.78 Å². The standard InChI is InChI=1S/C26H30F2N4O5/c1-16(30-25(35)19-3-2-4-29-14-19)26(36)32-7-5-31(6-8-32)24-21(27)11-18(12-22(24)28)9-17-10-20(15-33)37-23(34)13-17/h2-4,11-12,14,16-17,20,33H,5-10,13,15H2,1H3,(H,30,35). The van der Waals surface area contributed by atoms with Crippen LogP contribution in [0.4, 0.5) is 14.5 Å². The number of aromatic nitrogens is 1. The van der Waals surface area contributed by atoms with Crippen molar-refractivity contribution < 1.29 is 33.0 Å². The lowest BCUT2D eigenvalue weighted by Crippen LogP contribution is -2.54. The first kappa shape index (κ1) is 26.5. The summed E-state index contributed by atoms with van der Waals surface area (Å²) in [6.07, 6.45) is 3.24. The van der Waals surface area contributed by atoms with Crippen molar-refractivity contribution in [3.63, 3.8) is 0 Å². The number of carbonyl (C=O) groups is 3. The van der Waals surface area contributed by atoms with E-state index in [1.165, 1.54) is 18.3 Å². The summed E-state index contributed by atoms with van der Waals surface area (Å²) in [7, 11) is 0. The van der Waals surface area contributed by atoms with Crippen molar-refractivity contribution in [2.45, 2.75) is 38.3 Å². The molecule has 11 heteroatoms. The molecule has 1 aromatic carbocycles. The van der Waals surface area contributed by atoms with Crippen molar-refractivity contribution in [3.05, 3.63) is 59.4 Å². The van der Waals surface area contributed by atoms with Gasteiger partial charge in [-0.2, -0.15) is 0 Å². The molecule has 2 aromatic rings. The number of benzene rings is 1. The fraction of sp³-hybridized carbons (Fsp3) is 0.462. The highest BCUT2D eigenvalue weighted by molar-refractivity contribution is 5.97. The van der Waals surface area contributed by atoms with Gasteiger partial charge in [0.25, 0.3) is 5.91 Å². The maximum absolute atomic E-state index is 15.0. The lowest BCUT2D eigenvalue weighted by molar-refractivity contribution is -0.159. The van der Waals surface area contributed by atoms with Gasteiger partial charge in [-0.05, 0) is 55.5 Å². The van der Waals surface area contributed by atoms with E-state index in [-0.39, 0.29) is 56.7 Å². The molecular weight excluding hydrogens is 486 g/mol. The normalized spacial score (nSPS) is 20.8. The van der Waals surface area contributed by atoms with Crippen LogP contribution in [0.1, 0.15) is 35.7 Å². The summed E-state index contributed by atoms with van der Waals surface area (Å²) in [6, 6.07) is 5.01. The first-order valence-electron chi connectivity index (χ1n) is 12.3. The van der Waals surface area contributed by atoms with Crippen molar-refractivity contribution in [2.24, 2.45) is 5.92 Å². The quantitative estimate of drug-likeness (QED) is 0.539. The van der Waals surface area contributed by atoms with Crippen molar-refractivity contribution in [1.29, 1.82) is 0 Å². The minimum Gasteiger partial charge on any atom is -0.460 e. The topological polar surface area (TPSA) is 112 Å². The third kappa shape index (κ3) is 6.40. The molecule has 2 fully saturated rings. The Hall–Kier alpha value is -3.60. The summed E-state index contributed by atoms with van der Waals surface area (Å²) in [5.74, 6) is -2.69. The van der Waals surface area contributed by atoms with E-state index < -0.39 is 35.7 Å². The number of ether oxygens (including phenoxy) is 1.